The van der Waals surface area contributed by atoms with Crippen molar-refractivity contribution in [2.24, 2.45) is 0 Å². The van der Waals surface area contributed by atoms with Gasteiger partial charge in [0.15, 0.2) is 6.10 Å². The number of rotatable bonds is 7. The lowest BCUT2D eigenvalue weighted by Crippen LogP contribution is -2.30. The number of nitrogens with zero attached hydrogens (tertiary/aromatic N) is 1. The van der Waals surface area contributed by atoms with Crippen LogP contribution in [0.15, 0.2) is 42.5 Å². The number of methoxy groups -OCH3 is 1. The molecule has 0 aromatic heterocycles. The fourth-order valence-electron chi connectivity index (χ4n) is 2.28. The molecule has 0 saturated heterocycles. The van der Waals surface area contributed by atoms with Crippen molar-refractivity contribution < 1.29 is 19.1 Å². The number of halogens is 1. The van der Waals surface area contributed by atoms with Crippen LogP contribution in [0.4, 0.5) is 5.69 Å². The molecular weight excluding hydrogens is 368 g/mol. The number of hydrogen-bond donors (Lipinski definition) is 1. The highest BCUT2D eigenvalue weighted by atomic mass is 35.5. The van der Waals surface area contributed by atoms with Gasteiger partial charge in [0.2, 0.25) is 0 Å². The quantitative estimate of drug-likeness (QED) is 0.732. The minimum atomic E-state index is -0.956. The molecule has 0 spiro atoms. The number of amides is 1. The average Bonchev–Trinajstić information content (AvgIpc) is 2.66. The van der Waals surface area contributed by atoms with Gasteiger partial charge in [0.1, 0.15) is 11.8 Å². The molecular formula is C20H19ClN2O4. The maximum absolute atomic E-state index is 12.1. The van der Waals surface area contributed by atoms with Crippen LogP contribution in [-0.2, 0) is 20.7 Å². The number of anilines is 1. The molecule has 1 atom stereocenters. The first-order valence-electron chi connectivity index (χ1n) is 8.26. The van der Waals surface area contributed by atoms with Crippen LogP contribution in [0.1, 0.15) is 24.5 Å². The van der Waals surface area contributed by atoms with Gasteiger partial charge in [-0.3, -0.25) is 9.59 Å². The second-order valence-electron chi connectivity index (χ2n) is 5.78. The Morgan fingerprint density at radius 1 is 1.22 bits per heavy atom. The number of carbonyl (C=O) groups is 2. The van der Waals surface area contributed by atoms with Crippen molar-refractivity contribution in [3.63, 3.8) is 0 Å². The predicted octanol–water partition coefficient (Wildman–Crippen LogP) is 3.72. The Morgan fingerprint density at radius 3 is 2.52 bits per heavy atom. The molecule has 0 aliphatic carbocycles. The zero-order chi connectivity index (χ0) is 19.8. The van der Waals surface area contributed by atoms with E-state index in [2.05, 4.69) is 5.32 Å². The first-order valence-corrected chi connectivity index (χ1v) is 8.63. The van der Waals surface area contributed by atoms with Gasteiger partial charge in [-0.25, -0.2) is 0 Å². The van der Waals surface area contributed by atoms with Crippen molar-refractivity contribution in [1.29, 1.82) is 5.26 Å². The molecule has 0 radical (unpaired) electrons. The number of esters is 1. The van der Waals surface area contributed by atoms with Gasteiger partial charge in [0, 0.05) is 12.1 Å². The van der Waals surface area contributed by atoms with Gasteiger partial charge >= 0.3 is 5.97 Å². The monoisotopic (exact) mass is 386 g/mol. The summed E-state index contributed by atoms with van der Waals surface area (Å²) in [5.74, 6) is -0.200. The molecule has 1 amide bonds. The van der Waals surface area contributed by atoms with E-state index in [1.54, 1.807) is 13.2 Å². The van der Waals surface area contributed by atoms with E-state index in [4.69, 9.17) is 26.3 Å². The largest absolute Gasteiger partial charge is 0.497 e. The molecule has 0 aliphatic heterocycles. The van der Waals surface area contributed by atoms with Gasteiger partial charge in [-0.15, -0.1) is 0 Å². The molecule has 0 fully saturated rings. The molecule has 0 bridgehead atoms. The summed E-state index contributed by atoms with van der Waals surface area (Å²) in [6, 6.07) is 13.8. The van der Waals surface area contributed by atoms with E-state index in [1.165, 1.54) is 19.1 Å². The van der Waals surface area contributed by atoms with Crippen molar-refractivity contribution in [3.8, 4) is 11.8 Å². The number of hydrogen-bond acceptors (Lipinski definition) is 5. The number of benzene rings is 2. The van der Waals surface area contributed by atoms with Crippen LogP contribution in [0, 0.1) is 11.3 Å². The molecule has 1 N–H and O–H groups in total. The summed E-state index contributed by atoms with van der Waals surface area (Å²) in [7, 11) is 1.59. The van der Waals surface area contributed by atoms with Crippen molar-refractivity contribution in [2.45, 2.75) is 25.9 Å². The minimum Gasteiger partial charge on any atom is -0.497 e. The summed E-state index contributed by atoms with van der Waals surface area (Å²) >= 11 is 5.93. The first kappa shape index (κ1) is 20.3. The Labute approximate surface area is 162 Å². The van der Waals surface area contributed by atoms with Crippen LogP contribution < -0.4 is 10.1 Å². The van der Waals surface area contributed by atoms with E-state index in [0.717, 1.165) is 11.3 Å². The van der Waals surface area contributed by atoms with Crippen LogP contribution in [0.3, 0.4) is 0 Å². The molecule has 0 unspecified atom stereocenters. The van der Waals surface area contributed by atoms with Crippen LogP contribution in [0.5, 0.6) is 5.75 Å². The number of ether oxygens (including phenoxy) is 2. The SMILES string of the molecule is COc1ccc(CCC(=O)O[C@@H](C)C(=O)Nc2ccc(C#N)c(Cl)c2)cc1. The molecule has 0 aliphatic rings. The summed E-state index contributed by atoms with van der Waals surface area (Å²) in [4.78, 5) is 24.1. The van der Waals surface area contributed by atoms with E-state index in [9.17, 15) is 9.59 Å². The highest BCUT2D eigenvalue weighted by molar-refractivity contribution is 6.32. The molecule has 2 aromatic carbocycles. The van der Waals surface area contributed by atoms with E-state index in [-0.39, 0.29) is 11.4 Å². The third kappa shape index (κ3) is 6.01. The highest BCUT2D eigenvalue weighted by Gasteiger charge is 2.18. The lowest BCUT2D eigenvalue weighted by molar-refractivity contribution is -0.153. The molecule has 27 heavy (non-hydrogen) atoms. The molecule has 7 heteroatoms. The maximum atomic E-state index is 12.1. The van der Waals surface area contributed by atoms with Gasteiger partial charge in [-0.05, 0) is 49.2 Å². The number of aryl methyl sites for hydroxylation is 1. The third-order valence-corrected chi connectivity index (χ3v) is 4.12. The fraction of sp³-hybridized carbons (Fsp3) is 0.250. The van der Waals surface area contributed by atoms with Gasteiger partial charge in [0.25, 0.3) is 5.91 Å². The van der Waals surface area contributed by atoms with Crippen molar-refractivity contribution in [2.75, 3.05) is 12.4 Å². The van der Waals surface area contributed by atoms with Crippen molar-refractivity contribution in [3.05, 3.63) is 58.6 Å². The molecule has 2 rings (SSSR count). The number of carbonyl (C=O) groups excluding carboxylic acids is 2. The highest BCUT2D eigenvalue weighted by Crippen LogP contribution is 2.20. The molecule has 6 nitrogen and oxygen atoms in total. The van der Waals surface area contributed by atoms with Crippen LogP contribution in [-0.4, -0.2) is 25.1 Å². The van der Waals surface area contributed by atoms with E-state index < -0.39 is 18.0 Å². The summed E-state index contributed by atoms with van der Waals surface area (Å²) in [6.45, 7) is 1.49. The zero-order valence-corrected chi connectivity index (χ0v) is 15.7. The smallest absolute Gasteiger partial charge is 0.306 e. The third-order valence-electron chi connectivity index (χ3n) is 3.81. The van der Waals surface area contributed by atoms with E-state index in [1.807, 2.05) is 30.3 Å². The van der Waals surface area contributed by atoms with E-state index >= 15 is 0 Å². The van der Waals surface area contributed by atoms with Crippen molar-refractivity contribution in [1.82, 2.24) is 0 Å². The minimum absolute atomic E-state index is 0.159. The standard InChI is InChI=1S/C20H19ClN2O4/c1-13(20(25)23-16-7-6-15(12-22)18(21)11-16)27-19(24)10-5-14-3-8-17(26-2)9-4-14/h3-4,6-9,11,13H,5,10H2,1-2H3,(H,23,25)/t13-/m0/s1. The summed E-state index contributed by atoms with van der Waals surface area (Å²) in [5, 5.41) is 11.7. The zero-order valence-electron chi connectivity index (χ0n) is 15.0. The summed E-state index contributed by atoms with van der Waals surface area (Å²) in [6.07, 6.45) is -0.294. The normalized spacial score (nSPS) is 11.2. The second kappa shape index (κ2) is 9.60. The number of nitrogens with one attached hydrogen (secondary N) is 1. The maximum Gasteiger partial charge on any atom is 0.306 e. The lowest BCUT2D eigenvalue weighted by Gasteiger charge is -2.14. The van der Waals surface area contributed by atoms with Crippen LogP contribution in [0.2, 0.25) is 5.02 Å². The molecule has 0 saturated carbocycles. The Balaban J connectivity index is 1.83. The Bertz CT molecular complexity index is 859. The molecule has 2 aromatic rings. The second-order valence-corrected chi connectivity index (χ2v) is 6.18. The fourth-order valence-corrected chi connectivity index (χ4v) is 2.50. The Morgan fingerprint density at radius 2 is 1.93 bits per heavy atom. The van der Waals surface area contributed by atoms with Gasteiger partial charge in [-0.2, -0.15) is 5.26 Å². The Hall–Kier alpha value is -3.04. The summed E-state index contributed by atoms with van der Waals surface area (Å²) < 4.78 is 10.2. The van der Waals surface area contributed by atoms with Gasteiger partial charge < -0.3 is 14.8 Å². The summed E-state index contributed by atoms with van der Waals surface area (Å²) in [5.41, 5.74) is 1.70. The predicted molar refractivity (Wildman–Crippen MR) is 102 cm³/mol. The first-order chi connectivity index (χ1) is 12.9. The topological polar surface area (TPSA) is 88.4 Å². The van der Waals surface area contributed by atoms with Crippen LogP contribution >= 0.6 is 11.6 Å². The number of nitriles is 1. The van der Waals surface area contributed by atoms with Crippen molar-refractivity contribution >= 4 is 29.2 Å². The average molecular weight is 387 g/mol. The Kier molecular flexibility index (Phi) is 7.21. The lowest BCUT2D eigenvalue weighted by atomic mass is 10.1. The molecule has 140 valence electrons. The van der Waals surface area contributed by atoms with E-state index in [0.29, 0.717) is 17.7 Å². The molecule has 0 heterocycles. The van der Waals surface area contributed by atoms with Gasteiger partial charge in [-0.1, -0.05) is 23.7 Å². The van der Waals surface area contributed by atoms with Crippen LogP contribution in [0.25, 0.3) is 0 Å². The van der Waals surface area contributed by atoms with Gasteiger partial charge in [0.05, 0.1) is 17.7 Å².